The van der Waals surface area contributed by atoms with E-state index in [-0.39, 0.29) is 17.2 Å². The Hall–Kier alpha value is -3.30. The molecule has 2 aromatic rings. The zero-order chi connectivity index (χ0) is 20.5. The van der Waals surface area contributed by atoms with Crippen LogP contribution >= 0.6 is 11.6 Å². The molecular weight excluding hydrogens is 383 g/mol. The number of anilines is 1. The molecule has 0 aliphatic heterocycles. The molecule has 28 heavy (non-hydrogen) atoms. The van der Waals surface area contributed by atoms with E-state index in [2.05, 4.69) is 11.9 Å². The number of benzene rings is 2. The van der Waals surface area contributed by atoms with Gasteiger partial charge in [-0.1, -0.05) is 24.3 Å². The van der Waals surface area contributed by atoms with Crippen molar-refractivity contribution < 1.29 is 18.7 Å². The van der Waals surface area contributed by atoms with Crippen molar-refractivity contribution in [3.63, 3.8) is 0 Å². The molecule has 0 saturated heterocycles. The van der Waals surface area contributed by atoms with E-state index in [0.717, 1.165) is 0 Å². The van der Waals surface area contributed by atoms with Crippen molar-refractivity contribution in [2.75, 3.05) is 18.5 Å². The molecule has 1 N–H and O–H groups in total. The largest absolute Gasteiger partial charge is 0.490 e. The van der Waals surface area contributed by atoms with Gasteiger partial charge in [-0.15, -0.1) is 0 Å². The van der Waals surface area contributed by atoms with Crippen LogP contribution in [-0.4, -0.2) is 19.1 Å². The summed E-state index contributed by atoms with van der Waals surface area (Å²) in [6, 6.07) is 10.3. The summed E-state index contributed by atoms with van der Waals surface area (Å²) in [5.41, 5.74) is 0.710. The Bertz CT molecular complexity index is 934. The third-order valence-corrected chi connectivity index (χ3v) is 3.74. The second-order valence-corrected chi connectivity index (χ2v) is 5.90. The van der Waals surface area contributed by atoms with Gasteiger partial charge in [0, 0.05) is 5.69 Å². The Kier molecular flexibility index (Phi) is 7.61. The molecule has 5 nitrogen and oxygen atoms in total. The fourth-order valence-corrected chi connectivity index (χ4v) is 2.54. The SMILES string of the molecule is C=CCOc1c(Cl)cc(/C=C(\C#N)C(=O)Nc2ccc(F)cc2)cc1OCC. The highest BCUT2D eigenvalue weighted by molar-refractivity contribution is 6.32. The van der Waals surface area contributed by atoms with E-state index in [1.54, 1.807) is 18.2 Å². The van der Waals surface area contributed by atoms with Crippen molar-refractivity contribution in [1.29, 1.82) is 5.26 Å². The van der Waals surface area contributed by atoms with Gasteiger partial charge in [0.15, 0.2) is 11.5 Å². The first-order valence-corrected chi connectivity index (χ1v) is 8.75. The van der Waals surface area contributed by atoms with E-state index < -0.39 is 11.7 Å². The van der Waals surface area contributed by atoms with E-state index in [1.807, 2.05) is 13.0 Å². The first-order valence-electron chi connectivity index (χ1n) is 8.37. The summed E-state index contributed by atoms with van der Waals surface area (Å²) >= 11 is 6.27. The molecule has 0 spiro atoms. The van der Waals surface area contributed by atoms with Crippen LogP contribution in [0, 0.1) is 17.1 Å². The van der Waals surface area contributed by atoms with Crippen LogP contribution in [0.2, 0.25) is 5.02 Å². The molecule has 144 valence electrons. The monoisotopic (exact) mass is 400 g/mol. The molecule has 1 amide bonds. The molecular formula is C21H18ClFN2O3. The molecule has 2 aromatic carbocycles. The number of ether oxygens (including phenoxy) is 2. The van der Waals surface area contributed by atoms with Gasteiger partial charge in [0.05, 0.1) is 11.6 Å². The summed E-state index contributed by atoms with van der Waals surface area (Å²) in [6.45, 7) is 6.03. The number of carbonyl (C=O) groups excluding carboxylic acids is 1. The van der Waals surface area contributed by atoms with Gasteiger partial charge >= 0.3 is 0 Å². The lowest BCUT2D eigenvalue weighted by molar-refractivity contribution is -0.112. The topological polar surface area (TPSA) is 71.3 Å². The fraction of sp³-hybridized carbons (Fsp3) is 0.143. The molecule has 0 heterocycles. The Labute approximate surface area is 167 Å². The third kappa shape index (κ3) is 5.60. The van der Waals surface area contributed by atoms with Gasteiger partial charge in [-0.2, -0.15) is 5.26 Å². The number of rotatable bonds is 8. The van der Waals surface area contributed by atoms with Crippen molar-refractivity contribution in [3.8, 4) is 17.6 Å². The highest BCUT2D eigenvalue weighted by atomic mass is 35.5. The molecule has 2 rings (SSSR count). The fourth-order valence-electron chi connectivity index (χ4n) is 2.26. The lowest BCUT2D eigenvalue weighted by atomic mass is 10.1. The van der Waals surface area contributed by atoms with Crippen LogP contribution in [0.4, 0.5) is 10.1 Å². The highest BCUT2D eigenvalue weighted by Crippen LogP contribution is 2.37. The van der Waals surface area contributed by atoms with E-state index in [0.29, 0.717) is 29.4 Å². The maximum absolute atomic E-state index is 13.0. The maximum Gasteiger partial charge on any atom is 0.266 e. The number of nitrogens with zero attached hydrogens (tertiary/aromatic N) is 1. The normalized spacial score (nSPS) is 10.7. The second kappa shape index (κ2) is 10.1. The smallest absolute Gasteiger partial charge is 0.266 e. The quantitative estimate of drug-likeness (QED) is 0.385. The summed E-state index contributed by atoms with van der Waals surface area (Å²) in [6.07, 6.45) is 2.96. The molecule has 0 unspecified atom stereocenters. The average Bonchev–Trinajstić information content (AvgIpc) is 2.67. The van der Waals surface area contributed by atoms with Crippen molar-refractivity contribution in [1.82, 2.24) is 0 Å². The van der Waals surface area contributed by atoms with Gasteiger partial charge < -0.3 is 14.8 Å². The standard InChI is InChI=1S/C21H18ClFN2O3/c1-3-9-28-20-18(22)11-14(12-19(20)27-4-2)10-15(13-24)21(26)25-17-7-5-16(23)6-8-17/h3,5-8,10-12H,1,4,9H2,2H3,(H,25,26)/b15-10+. The first-order chi connectivity index (χ1) is 13.5. The number of amides is 1. The highest BCUT2D eigenvalue weighted by Gasteiger charge is 2.14. The third-order valence-electron chi connectivity index (χ3n) is 3.46. The van der Waals surface area contributed by atoms with Gasteiger partial charge in [-0.3, -0.25) is 4.79 Å². The van der Waals surface area contributed by atoms with E-state index in [1.165, 1.54) is 30.3 Å². The molecule has 0 radical (unpaired) electrons. The lowest BCUT2D eigenvalue weighted by Crippen LogP contribution is -2.13. The predicted molar refractivity (Wildman–Crippen MR) is 107 cm³/mol. The van der Waals surface area contributed by atoms with Gasteiger partial charge in [-0.25, -0.2) is 4.39 Å². The van der Waals surface area contributed by atoms with Gasteiger partial charge in [0.25, 0.3) is 5.91 Å². The van der Waals surface area contributed by atoms with Crippen LogP contribution < -0.4 is 14.8 Å². The van der Waals surface area contributed by atoms with Crippen molar-refractivity contribution in [3.05, 3.63) is 71.0 Å². The van der Waals surface area contributed by atoms with Crippen LogP contribution in [0.15, 0.2) is 54.6 Å². The van der Waals surface area contributed by atoms with Crippen LogP contribution in [0.3, 0.4) is 0 Å². The van der Waals surface area contributed by atoms with E-state index in [4.69, 9.17) is 21.1 Å². The molecule has 0 atom stereocenters. The molecule has 0 saturated carbocycles. The van der Waals surface area contributed by atoms with Crippen LogP contribution in [0.1, 0.15) is 12.5 Å². The van der Waals surface area contributed by atoms with E-state index >= 15 is 0 Å². The number of halogens is 2. The Morgan fingerprint density at radius 1 is 1.32 bits per heavy atom. The minimum absolute atomic E-state index is 0.150. The molecule has 7 heteroatoms. The summed E-state index contributed by atoms with van der Waals surface area (Å²) in [5, 5.41) is 12.2. The van der Waals surface area contributed by atoms with Crippen LogP contribution in [0.5, 0.6) is 11.5 Å². The van der Waals surface area contributed by atoms with Crippen molar-refractivity contribution in [2.45, 2.75) is 6.92 Å². The number of nitrogens with one attached hydrogen (secondary N) is 1. The van der Waals surface area contributed by atoms with Crippen LogP contribution in [-0.2, 0) is 4.79 Å². The Balaban J connectivity index is 2.31. The summed E-state index contributed by atoms with van der Waals surface area (Å²) < 4.78 is 24.0. The molecule has 0 aliphatic rings. The number of hydrogen-bond acceptors (Lipinski definition) is 4. The number of nitriles is 1. The zero-order valence-electron chi connectivity index (χ0n) is 15.2. The molecule has 0 aromatic heterocycles. The number of carbonyl (C=O) groups is 1. The van der Waals surface area contributed by atoms with Crippen molar-refractivity contribution in [2.24, 2.45) is 0 Å². The summed E-state index contributed by atoms with van der Waals surface area (Å²) in [5.74, 6) is -0.310. The first kappa shape index (κ1) is 21.0. The van der Waals surface area contributed by atoms with E-state index in [9.17, 15) is 14.4 Å². The Morgan fingerprint density at radius 3 is 2.64 bits per heavy atom. The average molecular weight is 401 g/mol. The minimum atomic E-state index is -0.629. The molecule has 0 fully saturated rings. The summed E-state index contributed by atoms with van der Waals surface area (Å²) in [7, 11) is 0. The maximum atomic E-state index is 13.0. The predicted octanol–water partition coefficient (Wildman–Crippen LogP) is 4.99. The lowest BCUT2D eigenvalue weighted by Gasteiger charge is -2.13. The minimum Gasteiger partial charge on any atom is -0.490 e. The van der Waals surface area contributed by atoms with Gasteiger partial charge in [0.1, 0.15) is 24.1 Å². The molecule has 0 aliphatic carbocycles. The summed E-state index contributed by atoms with van der Waals surface area (Å²) in [4.78, 5) is 12.3. The number of hydrogen-bond donors (Lipinski definition) is 1. The van der Waals surface area contributed by atoms with Crippen LogP contribution in [0.25, 0.3) is 6.08 Å². The van der Waals surface area contributed by atoms with Crippen molar-refractivity contribution >= 4 is 29.3 Å². The van der Waals surface area contributed by atoms with Gasteiger partial charge in [0.2, 0.25) is 0 Å². The Morgan fingerprint density at radius 2 is 2.04 bits per heavy atom. The zero-order valence-corrected chi connectivity index (χ0v) is 15.9. The van der Waals surface area contributed by atoms with Gasteiger partial charge in [-0.05, 0) is 55.0 Å². The second-order valence-electron chi connectivity index (χ2n) is 5.49. The molecule has 0 bridgehead atoms.